The minimum atomic E-state index is -0.181. The second kappa shape index (κ2) is 38.3. The number of fused-ring (bicyclic) bond motifs is 3. The zero-order valence-corrected chi connectivity index (χ0v) is 74.8. The Labute approximate surface area is 732 Å². The molecule has 0 atom stereocenters. The molecule has 3 aliphatic heterocycles. The number of thiophene rings is 12. The van der Waals surface area contributed by atoms with Gasteiger partial charge in [-0.05, 0) is 239 Å². The third-order valence-corrected chi connectivity index (χ3v) is 35.4. The number of amides is 3. The van der Waals surface area contributed by atoms with Crippen molar-refractivity contribution in [3.8, 4) is 120 Å². The Morgan fingerprint density at radius 1 is 0.239 bits per heavy atom. The van der Waals surface area contributed by atoms with Crippen LogP contribution in [-0.2, 0) is 19.3 Å². The van der Waals surface area contributed by atoms with Crippen molar-refractivity contribution in [3.05, 3.63) is 246 Å². The molecule has 0 saturated heterocycles. The van der Waals surface area contributed by atoms with Gasteiger partial charge >= 0.3 is 0 Å². The van der Waals surface area contributed by atoms with Gasteiger partial charge in [0.25, 0.3) is 17.7 Å². The van der Waals surface area contributed by atoms with E-state index in [1.807, 2.05) is 138 Å². The lowest BCUT2D eigenvalue weighted by Crippen LogP contribution is -2.36. The topological polar surface area (TPSA) is 139 Å². The van der Waals surface area contributed by atoms with Gasteiger partial charge in [0, 0.05) is 135 Å². The fourth-order valence-electron chi connectivity index (χ4n) is 14.5. The standard InChI is InChI=1S/C37H39NO2S4.C31H27NO2S4.C27H19NO2S4.CH4/c1-3-5-7-9-11-25-14-17-32(41-25)29-22-35(44-36(29)34-18-15-26(42-34)12-10-8-6-4-2)33-20-19-31(43-33)24-13-16-27-28(21-24)30(39)23-38-37(27)40;1-2-3-4-5-6-20-8-10-25(35-20)26-13-14-29(37-26)30-16-15-28(38-30)27-12-11-24(36-27)19-7-9-21-22(17-19)23(33)18-32-31(21)34;1-14-3-7-22(31-14)19-12-25(34-26(19)24-8-4-15(2)32-24)23-10-9-21(33-23)16-5-6-17-18(11-16)20(29)13-28-27(17)30;/h13-22H,3-12,23H2,1-2H3,(H,38,40);7-17H,2-6,18H2,1H3,(H,32,34);3-12H,13H2,1-2H3,(H,28,30);1H4. The highest BCUT2D eigenvalue weighted by molar-refractivity contribution is 7.30. The highest BCUT2D eigenvalue weighted by Crippen LogP contribution is 2.52. The van der Waals surface area contributed by atoms with E-state index in [4.69, 9.17) is 0 Å². The summed E-state index contributed by atoms with van der Waals surface area (Å²) in [6, 6.07) is 66.0. The number of unbranched alkanes of at least 4 members (excludes halogenated alkanes) is 9. The molecular weight excluding hydrogens is 1680 g/mol. The zero-order valence-electron chi connectivity index (χ0n) is 65.0. The van der Waals surface area contributed by atoms with Gasteiger partial charge < -0.3 is 16.0 Å². The third kappa shape index (κ3) is 19.2. The first kappa shape index (κ1) is 83.5. The van der Waals surface area contributed by atoms with E-state index in [0.717, 1.165) is 37.7 Å². The predicted molar refractivity (Wildman–Crippen MR) is 509 cm³/mol. The number of nitrogens with one attached hydrogen (secondary N) is 3. The number of carbonyl (C=O) groups is 6. The van der Waals surface area contributed by atoms with E-state index in [1.165, 1.54) is 203 Å². The molecule has 0 fully saturated rings. The quantitative estimate of drug-likeness (QED) is 0.0438. The summed E-state index contributed by atoms with van der Waals surface area (Å²) in [5.74, 6) is -0.651. The van der Waals surface area contributed by atoms with Crippen molar-refractivity contribution in [2.75, 3.05) is 19.6 Å². The van der Waals surface area contributed by atoms with Gasteiger partial charge in [0.05, 0.1) is 46.1 Å². The van der Waals surface area contributed by atoms with Gasteiger partial charge in [-0.1, -0.05) is 104 Å². The molecule has 21 heteroatoms. The van der Waals surface area contributed by atoms with Gasteiger partial charge in [0.1, 0.15) is 0 Å². The molecular formula is C96H89N3O6S12. The summed E-state index contributed by atoms with van der Waals surface area (Å²) in [5, 5.41) is 7.91. The molecule has 15 aromatic rings. The summed E-state index contributed by atoms with van der Waals surface area (Å²) in [5.41, 5.74) is 8.50. The maximum atomic E-state index is 12.5. The van der Waals surface area contributed by atoms with Crippen LogP contribution >= 0.6 is 136 Å². The molecule has 0 saturated carbocycles. The number of hydrogen-bond donors (Lipinski definition) is 3. The lowest BCUT2D eigenvalue weighted by atomic mass is 9.96. The zero-order chi connectivity index (χ0) is 79.9. The Balaban J connectivity index is 0.000000138. The molecule has 0 unspecified atom stereocenters. The number of rotatable bonds is 27. The molecule has 12 aromatic heterocycles. The molecule has 3 aliphatic rings. The number of benzene rings is 3. The van der Waals surface area contributed by atoms with Crippen LogP contribution in [0, 0.1) is 13.8 Å². The van der Waals surface area contributed by atoms with E-state index in [2.05, 4.69) is 184 Å². The van der Waals surface area contributed by atoms with Crippen molar-refractivity contribution in [2.45, 2.75) is 138 Å². The van der Waals surface area contributed by atoms with Crippen molar-refractivity contribution in [1.29, 1.82) is 0 Å². The van der Waals surface area contributed by atoms with Gasteiger partial charge in [-0.25, -0.2) is 0 Å². The fourth-order valence-corrected chi connectivity index (χ4v) is 27.6. The molecule has 18 rings (SSSR count). The molecule has 0 radical (unpaired) electrons. The maximum absolute atomic E-state index is 12.5. The van der Waals surface area contributed by atoms with Crippen LogP contribution in [0.1, 0.15) is 192 Å². The first-order chi connectivity index (χ1) is 56.6. The highest BCUT2D eigenvalue weighted by atomic mass is 32.1. The molecule has 117 heavy (non-hydrogen) atoms. The van der Waals surface area contributed by atoms with Crippen molar-refractivity contribution < 1.29 is 28.8 Å². The normalized spacial score (nSPS) is 13.0. The Bertz CT molecular complexity index is 5980. The summed E-state index contributed by atoms with van der Waals surface area (Å²) in [4.78, 5) is 105. The van der Waals surface area contributed by atoms with Crippen LogP contribution in [0.3, 0.4) is 0 Å². The van der Waals surface area contributed by atoms with Gasteiger partial charge in [0.2, 0.25) is 0 Å². The van der Waals surface area contributed by atoms with Crippen LogP contribution in [0.5, 0.6) is 0 Å². The number of carbonyl (C=O) groups excluding carboxylic acids is 6. The Morgan fingerprint density at radius 2 is 0.513 bits per heavy atom. The lowest BCUT2D eigenvalue weighted by Gasteiger charge is -2.15. The largest absolute Gasteiger partial charge is 0.345 e. The van der Waals surface area contributed by atoms with E-state index >= 15 is 0 Å². The van der Waals surface area contributed by atoms with Crippen LogP contribution in [0.4, 0.5) is 0 Å². The fraction of sp³-hybridized carbons (Fsp3) is 0.250. The smallest absolute Gasteiger partial charge is 0.252 e. The number of ketones is 3. The van der Waals surface area contributed by atoms with Crippen LogP contribution < -0.4 is 16.0 Å². The minimum Gasteiger partial charge on any atom is -0.345 e. The third-order valence-electron chi connectivity index (χ3n) is 20.8. The number of hydrogen-bond acceptors (Lipinski definition) is 18. The van der Waals surface area contributed by atoms with E-state index in [0.29, 0.717) is 33.4 Å². The summed E-state index contributed by atoms with van der Waals surface area (Å²) >= 11 is 22.1. The van der Waals surface area contributed by atoms with Gasteiger partial charge in [0.15, 0.2) is 17.3 Å². The molecule has 0 bridgehead atoms. The van der Waals surface area contributed by atoms with Crippen molar-refractivity contribution in [2.24, 2.45) is 0 Å². The number of Topliss-reactive ketones (excluding diaryl/α,β-unsaturated/α-hetero) is 3. The van der Waals surface area contributed by atoms with E-state index in [-0.39, 0.29) is 62.1 Å². The van der Waals surface area contributed by atoms with Crippen molar-refractivity contribution in [1.82, 2.24) is 16.0 Å². The number of aryl methyl sites for hydroxylation is 5. The molecule has 596 valence electrons. The summed E-state index contributed by atoms with van der Waals surface area (Å²) in [7, 11) is 0. The SMILES string of the molecule is C.CCCCCCc1ccc(-c2cc(-c3ccc(-c4ccc5c(c4)C(=O)CNC5=O)s3)sc2-c2ccc(CCCCCC)s2)s1.CCCCCCc1ccc(-c2ccc(-c3ccc(-c4ccc(-c5ccc6c(c5)C(=O)CNC6=O)s4)s3)s2)s1.Cc1ccc(-c2cc(-c3ccc(-c4ccc5c(c4)C(=O)CNC5=O)s3)sc2-c2ccc(C)s2)s1. The summed E-state index contributed by atoms with van der Waals surface area (Å²) in [6.07, 6.45) is 19.0. The second-order valence-electron chi connectivity index (χ2n) is 29.2. The summed E-state index contributed by atoms with van der Waals surface area (Å²) in [6.45, 7) is 11.3. The van der Waals surface area contributed by atoms with Crippen molar-refractivity contribution >= 4 is 171 Å². The van der Waals surface area contributed by atoms with Gasteiger partial charge in [-0.15, -0.1) is 136 Å². The monoisotopic (exact) mass is 1760 g/mol. The molecule has 3 aromatic carbocycles. The van der Waals surface area contributed by atoms with Crippen LogP contribution in [-0.4, -0.2) is 54.7 Å². The van der Waals surface area contributed by atoms with Crippen LogP contribution in [0.2, 0.25) is 0 Å². The Hall–Kier alpha value is -8.52. The Morgan fingerprint density at radius 3 is 0.872 bits per heavy atom. The molecule has 9 nitrogen and oxygen atoms in total. The highest BCUT2D eigenvalue weighted by Gasteiger charge is 2.29. The molecule has 15 heterocycles. The summed E-state index contributed by atoms with van der Waals surface area (Å²) < 4.78 is 0. The lowest BCUT2D eigenvalue weighted by molar-refractivity contribution is 0.0877. The van der Waals surface area contributed by atoms with Gasteiger partial charge in [-0.2, -0.15) is 0 Å². The first-order valence-corrected chi connectivity index (χ1v) is 49.5. The molecule has 3 N–H and O–H groups in total. The molecule has 0 spiro atoms. The second-order valence-corrected chi connectivity index (χ2v) is 42.8. The first-order valence-electron chi connectivity index (χ1n) is 39.7. The minimum absolute atomic E-state index is 0. The van der Waals surface area contributed by atoms with E-state index < -0.39 is 0 Å². The molecule has 0 aliphatic carbocycles. The Kier molecular flexibility index (Phi) is 27.3. The van der Waals surface area contributed by atoms with Crippen molar-refractivity contribution in [3.63, 3.8) is 0 Å². The molecule has 3 amide bonds. The average Bonchev–Trinajstić information content (AvgIpc) is 1.63. The maximum Gasteiger partial charge on any atom is 0.252 e. The van der Waals surface area contributed by atoms with Gasteiger partial charge in [-0.3, -0.25) is 28.8 Å². The van der Waals surface area contributed by atoms with Crippen LogP contribution in [0.15, 0.2) is 188 Å². The van der Waals surface area contributed by atoms with E-state index in [1.54, 1.807) is 52.2 Å². The van der Waals surface area contributed by atoms with E-state index in [9.17, 15) is 28.8 Å². The predicted octanol–water partition coefficient (Wildman–Crippen LogP) is 30.2. The van der Waals surface area contributed by atoms with Crippen LogP contribution in [0.25, 0.3) is 120 Å². The average molecular weight is 1770 g/mol.